The van der Waals surface area contributed by atoms with E-state index in [1.54, 1.807) is 11.3 Å². The van der Waals surface area contributed by atoms with Gasteiger partial charge in [0.25, 0.3) is 0 Å². The second-order valence-electron chi connectivity index (χ2n) is 7.65. The van der Waals surface area contributed by atoms with Crippen molar-refractivity contribution in [2.24, 2.45) is 5.92 Å². The van der Waals surface area contributed by atoms with Crippen LogP contribution in [0.3, 0.4) is 0 Å². The van der Waals surface area contributed by atoms with Crippen LogP contribution >= 0.6 is 11.3 Å². The Morgan fingerprint density at radius 2 is 2.14 bits per heavy atom. The number of nitrogens with one attached hydrogen (secondary N) is 1. The molecule has 6 heteroatoms. The van der Waals surface area contributed by atoms with Crippen LogP contribution in [0.5, 0.6) is 5.75 Å². The Morgan fingerprint density at radius 1 is 1.28 bits per heavy atom. The van der Waals surface area contributed by atoms with E-state index in [0.29, 0.717) is 13.2 Å². The summed E-state index contributed by atoms with van der Waals surface area (Å²) in [4.78, 5) is 20.0. The number of hydrogen-bond donors (Lipinski definition) is 1. The molecule has 1 saturated heterocycles. The zero-order valence-corrected chi connectivity index (χ0v) is 18.0. The Balaban J connectivity index is 1.48. The Hall–Kier alpha value is -2.60. The van der Waals surface area contributed by atoms with E-state index in [4.69, 9.17) is 9.72 Å². The molecule has 0 radical (unpaired) electrons. The number of hydrogen-bond acceptors (Lipinski definition) is 5. The normalized spacial score (nSPS) is 16.8. The van der Waals surface area contributed by atoms with Crippen LogP contribution in [-0.2, 0) is 4.79 Å². The number of carbonyl (C=O) groups excluding carboxylic acids is 1. The highest BCUT2D eigenvalue weighted by atomic mass is 32.1. The lowest BCUT2D eigenvalue weighted by Gasteiger charge is -2.31. The lowest BCUT2D eigenvalue weighted by Crippen LogP contribution is -2.40. The number of benzene rings is 2. The fourth-order valence-electron chi connectivity index (χ4n) is 3.75. The molecular formula is C23H27N3O2S. The maximum Gasteiger partial charge on any atom is 0.229 e. The molecule has 152 valence electrons. The summed E-state index contributed by atoms with van der Waals surface area (Å²) in [7, 11) is 0. The number of aryl methyl sites for hydroxylation is 2. The van der Waals surface area contributed by atoms with Crippen molar-refractivity contribution in [2.75, 3.05) is 29.9 Å². The predicted octanol–water partition coefficient (Wildman–Crippen LogP) is 5.17. The summed E-state index contributed by atoms with van der Waals surface area (Å²) in [6, 6.07) is 12.2. The van der Waals surface area contributed by atoms with E-state index in [9.17, 15) is 4.79 Å². The molecule has 0 bridgehead atoms. The summed E-state index contributed by atoms with van der Waals surface area (Å²) < 4.78 is 6.72. The van der Waals surface area contributed by atoms with Gasteiger partial charge in [0, 0.05) is 18.8 Å². The summed E-state index contributed by atoms with van der Waals surface area (Å²) in [5.41, 5.74) is 4.14. The van der Waals surface area contributed by atoms with Crippen LogP contribution in [0.15, 0.2) is 36.4 Å². The Labute approximate surface area is 175 Å². The minimum atomic E-state index is -0.0327. The van der Waals surface area contributed by atoms with Gasteiger partial charge in [-0.05, 0) is 69.0 Å². The van der Waals surface area contributed by atoms with Gasteiger partial charge in [-0.2, -0.15) is 0 Å². The van der Waals surface area contributed by atoms with Crippen LogP contribution in [0, 0.1) is 19.8 Å². The summed E-state index contributed by atoms with van der Waals surface area (Å²) in [5, 5.41) is 4.13. The van der Waals surface area contributed by atoms with E-state index in [1.165, 1.54) is 0 Å². The first-order valence-electron chi connectivity index (χ1n) is 10.2. The van der Waals surface area contributed by atoms with E-state index >= 15 is 0 Å². The molecule has 29 heavy (non-hydrogen) atoms. The minimum absolute atomic E-state index is 0.0327. The van der Waals surface area contributed by atoms with Gasteiger partial charge in [0.2, 0.25) is 5.91 Å². The molecule has 1 N–H and O–H groups in total. The van der Waals surface area contributed by atoms with E-state index < -0.39 is 0 Å². The van der Waals surface area contributed by atoms with E-state index in [1.807, 2.05) is 39.0 Å². The van der Waals surface area contributed by atoms with E-state index in [0.717, 1.165) is 57.3 Å². The van der Waals surface area contributed by atoms with Gasteiger partial charge in [-0.3, -0.25) is 4.79 Å². The molecular weight excluding hydrogens is 382 g/mol. The average molecular weight is 410 g/mol. The number of carbonyl (C=O) groups is 1. The van der Waals surface area contributed by atoms with Gasteiger partial charge in [0.1, 0.15) is 5.75 Å². The van der Waals surface area contributed by atoms with Crippen molar-refractivity contribution in [3.63, 3.8) is 0 Å². The monoisotopic (exact) mass is 409 g/mol. The number of thiazole rings is 1. The van der Waals surface area contributed by atoms with Crippen molar-refractivity contribution in [1.29, 1.82) is 0 Å². The standard InChI is InChI=1S/C23H27N3O2S/c1-4-28-18-9-10-19-21(13-18)29-23(25-19)26-11-5-6-17(14-26)22(27)24-20-12-15(2)7-8-16(20)3/h7-10,12-13,17H,4-6,11,14H2,1-3H3,(H,24,27)/t17-/m1/s1. The molecule has 0 unspecified atom stereocenters. The molecule has 1 fully saturated rings. The summed E-state index contributed by atoms with van der Waals surface area (Å²) >= 11 is 1.67. The molecule has 0 saturated carbocycles. The zero-order valence-electron chi connectivity index (χ0n) is 17.2. The maximum atomic E-state index is 12.9. The largest absolute Gasteiger partial charge is 0.494 e. The lowest BCUT2D eigenvalue weighted by atomic mass is 9.97. The van der Waals surface area contributed by atoms with Crippen molar-refractivity contribution in [3.8, 4) is 5.75 Å². The molecule has 1 aromatic heterocycles. The fourth-order valence-corrected chi connectivity index (χ4v) is 4.78. The smallest absolute Gasteiger partial charge is 0.229 e. The zero-order chi connectivity index (χ0) is 20.4. The summed E-state index contributed by atoms with van der Waals surface area (Å²) in [6.45, 7) is 8.35. The van der Waals surface area contributed by atoms with Crippen LogP contribution in [0.2, 0.25) is 0 Å². The van der Waals surface area contributed by atoms with Gasteiger partial charge < -0.3 is 15.0 Å². The third-order valence-corrected chi connectivity index (χ3v) is 6.45. The van der Waals surface area contributed by atoms with Crippen LogP contribution in [0.25, 0.3) is 10.2 Å². The number of piperidine rings is 1. The molecule has 2 aromatic carbocycles. The van der Waals surface area contributed by atoms with E-state index in [2.05, 4.69) is 28.4 Å². The van der Waals surface area contributed by atoms with Crippen LogP contribution in [0.4, 0.5) is 10.8 Å². The molecule has 1 atom stereocenters. The summed E-state index contributed by atoms with van der Waals surface area (Å²) in [5.74, 6) is 0.942. The topological polar surface area (TPSA) is 54.5 Å². The molecule has 1 aliphatic rings. The van der Waals surface area contributed by atoms with Gasteiger partial charge in [-0.1, -0.05) is 23.5 Å². The molecule has 3 aromatic rings. The first kappa shape index (κ1) is 19.7. The predicted molar refractivity (Wildman–Crippen MR) is 120 cm³/mol. The van der Waals surface area contributed by atoms with Crippen molar-refractivity contribution in [3.05, 3.63) is 47.5 Å². The van der Waals surface area contributed by atoms with Crippen molar-refractivity contribution >= 4 is 38.3 Å². The second kappa shape index (κ2) is 8.41. The van der Waals surface area contributed by atoms with E-state index in [-0.39, 0.29) is 11.8 Å². The number of nitrogens with zero attached hydrogens (tertiary/aromatic N) is 2. The highest BCUT2D eigenvalue weighted by Crippen LogP contribution is 2.34. The van der Waals surface area contributed by atoms with Crippen molar-refractivity contribution in [2.45, 2.75) is 33.6 Å². The van der Waals surface area contributed by atoms with Gasteiger partial charge in [0.05, 0.1) is 22.7 Å². The number of fused-ring (bicyclic) bond motifs is 1. The number of anilines is 2. The third kappa shape index (κ3) is 4.37. The SMILES string of the molecule is CCOc1ccc2nc(N3CCC[C@@H](C(=O)Nc4cc(C)ccc4C)C3)sc2c1. The average Bonchev–Trinajstić information content (AvgIpc) is 3.14. The highest BCUT2D eigenvalue weighted by Gasteiger charge is 2.27. The Bertz CT molecular complexity index is 1030. The Morgan fingerprint density at radius 3 is 2.97 bits per heavy atom. The fraction of sp³-hybridized carbons (Fsp3) is 0.391. The minimum Gasteiger partial charge on any atom is -0.494 e. The number of rotatable bonds is 5. The van der Waals surface area contributed by atoms with Crippen molar-refractivity contribution in [1.82, 2.24) is 4.98 Å². The van der Waals surface area contributed by atoms with Gasteiger partial charge >= 0.3 is 0 Å². The number of aromatic nitrogens is 1. The van der Waals surface area contributed by atoms with Crippen LogP contribution in [0.1, 0.15) is 30.9 Å². The molecule has 0 aliphatic carbocycles. The first-order valence-corrected chi connectivity index (χ1v) is 11.0. The molecule has 2 heterocycles. The lowest BCUT2D eigenvalue weighted by molar-refractivity contribution is -0.120. The number of amides is 1. The van der Waals surface area contributed by atoms with Gasteiger partial charge in [-0.25, -0.2) is 4.98 Å². The summed E-state index contributed by atoms with van der Waals surface area (Å²) in [6.07, 6.45) is 1.90. The first-order chi connectivity index (χ1) is 14.0. The van der Waals surface area contributed by atoms with Crippen LogP contribution in [-0.4, -0.2) is 30.6 Å². The van der Waals surface area contributed by atoms with Gasteiger partial charge in [-0.15, -0.1) is 0 Å². The molecule has 1 aliphatic heterocycles. The van der Waals surface area contributed by atoms with Gasteiger partial charge in [0.15, 0.2) is 5.13 Å². The second-order valence-corrected chi connectivity index (χ2v) is 8.66. The highest BCUT2D eigenvalue weighted by molar-refractivity contribution is 7.22. The quantitative estimate of drug-likeness (QED) is 0.632. The van der Waals surface area contributed by atoms with Crippen LogP contribution < -0.4 is 15.0 Å². The molecule has 5 nitrogen and oxygen atoms in total. The molecule has 0 spiro atoms. The molecule has 1 amide bonds. The Kier molecular flexibility index (Phi) is 5.72. The molecule has 4 rings (SSSR count). The van der Waals surface area contributed by atoms with Crippen molar-refractivity contribution < 1.29 is 9.53 Å². The maximum absolute atomic E-state index is 12.9. The third-order valence-electron chi connectivity index (χ3n) is 5.37. The number of ether oxygens (including phenoxy) is 1.